The summed E-state index contributed by atoms with van der Waals surface area (Å²) in [6.07, 6.45) is 3.27. The number of nitrogens with zero attached hydrogens (tertiary/aromatic N) is 1. The van der Waals surface area contributed by atoms with Crippen LogP contribution < -0.4 is 4.74 Å². The standard InChI is InChI=1S/C18H15NO2S/c1-3-9-21-16-6-4-14(5-7-16)11-15(12-19)17(20)18-13(2)8-10-22-18/h3-8,10-11H,1,9H2,2H3/b15-11+. The first kappa shape index (κ1) is 15.7. The number of hydrogen-bond acceptors (Lipinski definition) is 4. The number of ketones is 1. The third kappa shape index (κ3) is 3.72. The molecule has 0 aliphatic heterocycles. The van der Waals surface area contributed by atoms with E-state index in [1.54, 1.807) is 24.3 Å². The third-order valence-electron chi connectivity index (χ3n) is 2.99. The van der Waals surface area contributed by atoms with Gasteiger partial charge in [0.1, 0.15) is 24.0 Å². The number of aryl methyl sites for hydroxylation is 1. The summed E-state index contributed by atoms with van der Waals surface area (Å²) in [6, 6.07) is 11.1. The average Bonchev–Trinajstić information content (AvgIpc) is 2.97. The van der Waals surface area contributed by atoms with Crippen LogP contribution in [0.3, 0.4) is 0 Å². The van der Waals surface area contributed by atoms with Crippen LogP contribution in [0.15, 0.2) is 53.9 Å². The van der Waals surface area contributed by atoms with E-state index in [1.807, 2.05) is 36.6 Å². The molecule has 0 bridgehead atoms. The fraction of sp³-hybridized carbons (Fsp3) is 0.111. The Bertz CT molecular complexity index is 748. The maximum Gasteiger partial charge on any atom is 0.213 e. The molecule has 3 nitrogen and oxygen atoms in total. The van der Waals surface area contributed by atoms with E-state index < -0.39 is 0 Å². The van der Waals surface area contributed by atoms with E-state index in [-0.39, 0.29) is 11.4 Å². The molecule has 0 N–H and O–H groups in total. The lowest BCUT2D eigenvalue weighted by Crippen LogP contribution is -2.01. The zero-order valence-electron chi connectivity index (χ0n) is 12.2. The second-order valence-electron chi connectivity index (χ2n) is 4.60. The second-order valence-corrected chi connectivity index (χ2v) is 5.52. The summed E-state index contributed by atoms with van der Waals surface area (Å²) in [5.74, 6) is 0.484. The Hall–Kier alpha value is -2.64. The number of allylic oxidation sites excluding steroid dienone is 1. The van der Waals surface area contributed by atoms with Crippen molar-refractivity contribution in [3.05, 3.63) is 69.9 Å². The highest BCUT2D eigenvalue weighted by atomic mass is 32.1. The molecule has 0 amide bonds. The number of carbonyl (C=O) groups excluding carboxylic acids is 1. The van der Waals surface area contributed by atoms with Gasteiger partial charge in [0.05, 0.1) is 4.88 Å². The van der Waals surface area contributed by atoms with Crippen LogP contribution in [0, 0.1) is 18.3 Å². The van der Waals surface area contributed by atoms with Crippen molar-refractivity contribution in [2.24, 2.45) is 0 Å². The van der Waals surface area contributed by atoms with Crippen molar-refractivity contribution in [1.82, 2.24) is 0 Å². The predicted molar refractivity (Wildman–Crippen MR) is 89.1 cm³/mol. The molecular weight excluding hydrogens is 294 g/mol. The largest absolute Gasteiger partial charge is 0.490 e. The molecule has 0 unspecified atom stereocenters. The van der Waals surface area contributed by atoms with Crippen LogP contribution in [0.5, 0.6) is 5.75 Å². The molecule has 1 heterocycles. The summed E-state index contributed by atoms with van der Waals surface area (Å²) < 4.78 is 5.39. The van der Waals surface area contributed by atoms with Crippen molar-refractivity contribution in [1.29, 1.82) is 5.26 Å². The van der Waals surface area contributed by atoms with Gasteiger partial charge in [-0.3, -0.25) is 4.79 Å². The van der Waals surface area contributed by atoms with Gasteiger partial charge in [-0.1, -0.05) is 24.8 Å². The molecule has 0 saturated heterocycles. The van der Waals surface area contributed by atoms with Gasteiger partial charge in [-0.2, -0.15) is 5.26 Å². The molecule has 110 valence electrons. The highest BCUT2D eigenvalue weighted by molar-refractivity contribution is 7.12. The molecule has 2 rings (SSSR count). The summed E-state index contributed by atoms with van der Waals surface area (Å²) in [5, 5.41) is 11.1. The fourth-order valence-electron chi connectivity index (χ4n) is 1.86. The zero-order valence-corrected chi connectivity index (χ0v) is 13.0. The van der Waals surface area contributed by atoms with E-state index >= 15 is 0 Å². The van der Waals surface area contributed by atoms with E-state index in [1.165, 1.54) is 11.3 Å². The monoisotopic (exact) mass is 309 g/mol. The van der Waals surface area contributed by atoms with Gasteiger partial charge in [0.25, 0.3) is 0 Å². The molecule has 0 saturated carbocycles. The van der Waals surface area contributed by atoms with Crippen molar-refractivity contribution >= 4 is 23.2 Å². The lowest BCUT2D eigenvalue weighted by Gasteiger charge is -2.03. The van der Waals surface area contributed by atoms with Gasteiger partial charge in [-0.25, -0.2) is 0 Å². The molecule has 1 aromatic carbocycles. The minimum absolute atomic E-state index is 0.130. The first-order valence-corrected chi connectivity index (χ1v) is 7.58. The number of nitriles is 1. The number of hydrogen-bond donors (Lipinski definition) is 0. The summed E-state index contributed by atoms with van der Waals surface area (Å²) in [7, 11) is 0. The first-order chi connectivity index (χ1) is 10.7. The van der Waals surface area contributed by atoms with Crippen molar-refractivity contribution in [3.8, 4) is 11.8 Å². The average molecular weight is 309 g/mol. The Morgan fingerprint density at radius 3 is 2.64 bits per heavy atom. The van der Waals surface area contributed by atoms with Crippen molar-refractivity contribution in [2.45, 2.75) is 6.92 Å². The number of carbonyl (C=O) groups is 1. The summed E-state index contributed by atoms with van der Waals surface area (Å²) >= 11 is 1.35. The number of rotatable bonds is 6. The van der Waals surface area contributed by atoms with Crippen molar-refractivity contribution in [2.75, 3.05) is 6.61 Å². The van der Waals surface area contributed by atoms with Gasteiger partial charge >= 0.3 is 0 Å². The molecule has 0 fully saturated rings. The van der Waals surface area contributed by atoms with Gasteiger partial charge in [0, 0.05) is 0 Å². The summed E-state index contributed by atoms with van der Waals surface area (Å²) in [6.45, 7) is 5.89. The minimum Gasteiger partial charge on any atom is -0.490 e. The van der Waals surface area contributed by atoms with Gasteiger partial charge in [0.2, 0.25) is 5.78 Å². The summed E-state index contributed by atoms with van der Waals surface area (Å²) in [5.41, 5.74) is 1.81. The second kappa shape index (κ2) is 7.39. The SMILES string of the molecule is C=CCOc1ccc(/C=C(\C#N)C(=O)c2sccc2C)cc1. The van der Waals surface area contributed by atoms with Crippen molar-refractivity contribution < 1.29 is 9.53 Å². The quantitative estimate of drug-likeness (QED) is 0.344. The summed E-state index contributed by atoms with van der Waals surface area (Å²) in [4.78, 5) is 13.0. The maximum absolute atomic E-state index is 12.4. The Labute approximate surface area is 133 Å². The van der Waals surface area contributed by atoms with Gasteiger partial charge < -0.3 is 4.74 Å². The van der Waals surface area contributed by atoms with E-state index in [2.05, 4.69) is 6.58 Å². The van der Waals surface area contributed by atoms with Crippen LogP contribution in [0.2, 0.25) is 0 Å². The Balaban J connectivity index is 2.22. The highest BCUT2D eigenvalue weighted by Crippen LogP contribution is 2.21. The Kier molecular flexibility index (Phi) is 5.29. The molecule has 4 heteroatoms. The zero-order chi connectivity index (χ0) is 15.9. The van der Waals surface area contributed by atoms with Crippen LogP contribution in [-0.2, 0) is 0 Å². The van der Waals surface area contributed by atoms with Crippen LogP contribution in [0.4, 0.5) is 0 Å². The van der Waals surface area contributed by atoms with Gasteiger partial charge in [-0.15, -0.1) is 11.3 Å². The van der Waals surface area contributed by atoms with Crippen LogP contribution in [0.1, 0.15) is 20.8 Å². The van der Waals surface area contributed by atoms with Crippen molar-refractivity contribution in [3.63, 3.8) is 0 Å². The molecular formula is C18H15NO2S. The van der Waals surface area contributed by atoms with E-state index in [9.17, 15) is 10.1 Å². The maximum atomic E-state index is 12.4. The van der Waals surface area contributed by atoms with Crippen LogP contribution in [-0.4, -0.2) is 12.4 Å². The van der Waals surface area contributed by atoms with Crippen LogP contribution >= 0.6 is 11.3 Å². The third-order valence-corrected chi connectivity index (χ3v) is 4.01. The topological polar surface area (TPSA) is 50.1 Å². The molecule has 22 heavy (non-hydrogen) atoms. The van der Waals surface area contributed by atoms with E-state index in [0.717, 1.165) is 16.9 Å². The van der Waals surface area contributed by atoms with Gasteiger partial charge in [0.15, 0.2) is 0 Å². The van der Waals surface area contributed by atoms with Crippen LogP contribution in [0.25, 0.3) is 6.08 Å². The van der Waals surface area contributed by atoms with Gasteiger partial charge in [-0.05, 0) is 47.7 Å². The molecule has 0 spiro atoms. The number of benzene rings is 1. The number of Topliss-reactive ketones (excluding diaryl/α,β-unsaturated/α-hetero) is 1. The molecule has 1 aromatic heterocycles. The van der Waals surface area contributed by atoms with E-state index in [4.69, 9.17) is 4.74 Å². The molecule has 0 atom stereocenters. The minimum atomic E-state index is -0.234. The van der Waals surface area contributed by atoms with E-state index in [0.29, 0.717) is 11.5 Å². The molecule has 0 radical (unpaired) electrons. The number of ether oxygens (including phenoxy) is 1. The Morgan fingerprint density at radius 2 is 2.09 bits per heavy atom. The lowest BCUT2D eigenvalue weighted by molar-refractivity contribution is 0.104. The molecule has 0 aliphatic rings. The lowest BCUT2D eigenvalue weighted by atomic mass is 10.1. The fourth-order valence-corrected chi connectivity index (χ4v) is 2.74. The Morgan fingerprint density at radius 1 is 1.36 bits per heavy atom. The highest BCUT2D eigenvalue weighted by Gasteiger charge is 2.15. The smallest absolute Gasteiger partial charge is 0.213 e. The first-order valence-electron chi connectivity index (χ1n) is 6.70. The normalized spacial score (nSPS) is 10.8. The predicted octanol–water partition coefficient (Wildman–Crippen LogP) is 4.41. The molecule has 2 aromatic rings. The molecule has 0 aliphatic carbocycles. The number of thiophene rings is 1.